The molecule has 0 aliphatic carbocycles. The highest BCUT2D eigenvalue weighted by Gasteiger charge is 2.21. The number of rotatable bonds is 3. The summed E-state index contributed by atoms with van der Waals surface area (Å²) in [6.07, 6.45) is 9.14. The summed E-state index contributed by atoms with van der Waals surface area (Å²) < 4.78 is 0. The molecule has 1 N–H and O–H groups in total. The minimum Gasteiger partial charge on any atom is -0.305 e. The molecule has 0 saturated heterocycles. The molecule has 3 aromatic rings. The van der Waals surface area contributed by atoms with Crippen molar-refractivity contribution >= 4 is 0 Å². The molecular formula is C17H16N6O. The SMILES string of the molecule is O=c1[nH]c(-c2cnccn2)nc2c1CN(Cc1cccnc1)CC2. The van der Waals surface area contributed by atoms with E-state index >= 15 is 0 Å². The van der Waals surface area contributed by atoms with E-state index in [4.69, 9.17) is 0 Å². The Labute approximate surface area is 138 Å². The van der Waals surface area contributed by atoms with Crippen LogP contribution in [0.1, 0.15) is 16.8 Å². The molecule has 0 radical (unpaired) electrons. The highest BCUT2D eigenvalue weighted by Crippen LogP contribution is 2.18. The first-order valence-electron chi connectivity index (χ1n) is 7.79. The zero-order valence-corrected chi connectivity index (χ0v) is 13.0. The van der Waals surface area contributed by atoms with E-state index in [-0.39, 0.29) is 5.56 Å². The van der Waals surface area contributed by atoms with E-state index < -0.39 is 0 Å². The van der Waals surface area contributed by atoms with Crippen molar-refractivity contribution in [1.29, 1.82) is 0 Å². The van der Waals surface area contributed by atoms with Gasteiger partial charge in [0.2, 0.25) is 0 Å². The molecule has 1 aliphatic rings. The van der Waals surface area contributed by atoms with E-state index in [2.05, 4.69) is 29.8 Å². The maximum atomic E-state index is 12.5. The van der Waals surface area contributed by atoms with Crippen molar-refractivity contribution in [2.24, 2.45) is 0 Å². The van der Waals surface area contributed by atoms with Crippen LogP contribution in [0.15, 0.2) is 47.9 Å². The molecule has 4 rings (SSSR count). The zero-order valence-electron chi connectivity index (χ0n) is 13.0. The number of H-pyrrole nitrogens is 1. The van der Waals surface area contributed by atoms with Gasteiger partial charge >= 0.3 is 0 Å². The van der Waals surface area contributed by atoms with E-state index in [1.807, 2.05) is 18.3 Å². The van der Waals surface area contributed by atoms with Gasteiger partial charge in [0.25, 0.3) is 5.56 Å². The van der Waals surface area contributed by atoms with Crippen LogP contribution in [-0.4, -0.2) is 36.4 Å². The summed E-state index contributed by atoms with van der Waals surface area (Å²) >= 11 is 0. The van der Waals surface area contributed by atoms with Gasteiger partial charge in [0, 0.05) is 50.8 Å². The largest absolute Gasteiger partial charge is 0.305 e. The Bertz CT molecular complexity index is 894. The van der Waals surface area contributed by atoms with Crippen molar-refractivity contribution in [2.45, 2.75) is 19.5 Å². The number of hydrogen-bond donors (Lipinski definition) is 1. The molecule has 0 bridgehead atoms. The topological polar surface area (TPSA) is 87.7 Å². The highest BCUT2D eigenvalue weighted by molar-refractivity contribution is 5.47. The lowest BCUT2D eigenvalue weighted by Gasteiger charge is -2.27. The second-order valence-corrected chi connectivity index (χ2v) is 5.75. The Hall–Kier alpha value is -2.93. The number of aromatic nitrogens is 5. The Morgan fingerprint density at radius 1 is 1.17 bits per heavy atom. The summed E-state index contributed by atoms with van der Waals surface area (Å²) in [7, 11) is 0. The minimum absolute atomic E-state index is 0.100. The monoisotopic (exact) mass is 320 g/mol. The number of nitrogens with zero attached hydrogens (tertiary/aromatic N) is 5. The second-order valence-electron chi connectivity index (χ2n) is 5.75. The van der Waals surface area contributed by atoms with Gasteiger partial charge in [-0.2, -0.15) is 0 Å². The van der Waals surface area contributed by atoms with E-state index in [1.165, 1.54) is 0 Å². The molecule has 3 aromatic heterocycles. The molecule has 0 atom stereocenters. The fraction of sp³-hybridized carbons (Fsp3) is 0.235. The number of fused-ring (bicyclic) bond motifs is 1. The predicted octanol–water partition coefficient (Wildman–Crippen LogP) is 1.18. The molecule has 4 heterocycles. The molecule has 0 saturated carbocycles. The van der Waals surface area contributed by atoms with Crippen LogP contribution < -0.4 is 5.56 Å². The molecule has 7 heteroatoms. The highest BCUT2D eigenvalue weighted by atomic mass is 16.1. The van der Waals surface area contributed by atoms with Crippen LogP contribution in [0.25, 0.3) is 11.5 Å². The van der Waals surface area contributed by atoms with Crippen LogP contribution in [0.4, 0.5) is 0 Å². The number of nitrogens with one attached hydrogen (secondary N) is 1. The zero-order chi connectivity index (χ0) is 16.4. The summed E-state index contributed by atoms with van der Waals surface area (Å²) in [5.74, 6) is 0.479. The van der Waals surface area contributed by atoms with Crippen LogP contribution >= 0.6 is 0 Å². The third-order valence-electron chi connectivity index (χ3n) is 4.08. The van der Waals surface area contributed by atoms with Gasteiger partial charge in [0.05, 0.1) is 17.5 Å². The van der Waals surface area contributed by atoms with Crippen LogP contribution in [0.2, 0.25) is 0 Å². The van der Waals surface area contributed by atoms with Crippen LogP contribution in [0.3, 0.4) is 0 Å². The Kier molecular flexibility index (Phi) is 3.84. The maximum Gasteiger partial charge on any atom is 0.255 e. The standard InChI is InChI=1S/C17H16N6O/c24-17-13-11-23(10-12-2-1-4-18-8-12)7-3-14(13)21-16(22-17)15-9-19-5-6-20-15/h1-2,4-6,8-9H,3,7,10-11H2,(H,21,22,24). The fourth-order valence-electron chi connectivity index (χ4n) is 2.91. The summed E-state index contributed by atoms with van der Waals surface area (Å²) in [5, 5.41) is 0. The Morgan fingerprint density at radius 3 is 2.88 bits per heavy atom. The molecule has 0 unspecified atom stereocenters. The lowest BCUT2D eigenvalue weighted by atomic mass is 10.1. The first kappa shape index (κ1) is 14.6. The van der Waals surface area contributed by atoms with Crippen molar-refractivity contribution in [2.75, 3.05) is 6.54 Å². The van der Waals surface area contributed by atoms with E-state index in [0.717, 1.165) is 36.3 Å². The van der Waals surface area contributed by atoms with E-state index in [9.17, 15) is 4.79 Å². The Balaban J connectivity index is 1.60. The number of pyridine rings is 1. The third kappa shape index (κ3) is 2.93. The summed E-state index contributed by atoms with van der Waals surface area (Å²) in [4.78, 5) is 34.5. The van der Waals surface area contributed by atoms with Crippen molar-refractivity contribution < 1.29 is 0 Å². The van der Waals surface area contributed by atoms with Gasteiger partial charge in [-0.05, 0) is 11.6 Å². The summed E-state index contributed by atoms with van der Waals surface area (Å²) in [6, 6.07) is 3.97. The second kappa shape index (κ2) is 6.29. The molecule has 120 valence electrons. The molecule has 0 amide bonds. The van der Waals surface area contributed by atoms with Crippen LogP contribution in [0, 0.1) is 0 Å². The van der Waals surface area contributed by atoms with Gasteiger partial charge in [-0.1, -0.05) is 6.07 Å². The van der Waals surface area contributed by atoms with Crippen molar-refractivity contribution in [3.05, 3.63) is 70.3 Å². The quantitative estimate of drug-likeness (QED) is 0.780. The average molecular weight is 320 g/mol. The van der Waals surface area contributed by atoms with Gasteiger partial charge in [-0.15, -0.1) is 0 Å². The predicted molar refractivity (Wildman–Crippen MR) is 87.9 cm³/mol. The van der Waals surface area contributed by atoms with Gasteiger partial charge < -0.3 is 4.98 Å². The summed E-state index contributed by atoms with van der Waals surface area (Å²) in [5.41, 5.74) is 3.20. The molecule has 24 heavy (non-hydrogen) atoms. The normalized spacial score (nSPS) is 14.3. The van der Waals surface area contributed by atoms with Gasteiger partial charge in [-0.3, -0.25) is 19.7 Å². The van der Waals surface area contributed by atoms with Gasteiger partial charge in [-0.25, -0.2) is 9.97 Å². The van der Waals surface area contributed by atoms with E-state index in [0.29, 0.717) is 18.1 Å². The average Bonchev–Trinajstić information content (AvgIpc) is 2.64. The molecule has 0 spiro atoms. The first-order valence-corrected chi connectivity index (χ1v) is 7.79. The van der Waals surface area contributed by atoms with Crippen molar-refractivity contribution in [3.63, 3.8) is 0 Å². The third-order valence-corrected chi connectivity index (χ3v) is 4.08. The first-order chi connectivity index (χ1) is 11.8. The van der Waals surface area contributed by atoms with Gasteiger partial charge in [0.1, 0.15) is 5.69 Å². The summed E-state index contributed by atoms with van der Waals surface area (Å²) in [6.45, 7) is 2.23. The molecule has 1 aliphatic heterocycles. The lowest BCUT2D eigenvalue weighted by molar-refractivity contribution is 0.241. The minimum atomic E-state index is -0.100. The lowest BCUT2D eigenvalue weighted by Crippen LogP contribution is -2.35. The van der Waals surface area contributed by atoms with Crippen LogP contribution in [0.5, 0.6) is 0 Å². The molecule has 0 aromatic carbocycles. The molecular weight excluding hydrogens is 304 g/mol. The maximum absolute atomic E-state index is 12.5. The number of aromatic amines is 1. The smallest absolute Gasteiger partial charge is 0.255 e. The van der Waals surface area contributed by atoms with Crippen molar-refractivity contribution in [1.82, 2.24) is 29.8 Å². The number of hydrogen-bond acceptors (Lipinski definition) is 6. The molecule has 7 nitrogen and oxygen atoms in total. The fourth-order valence-corrected chi connectivity index (χ4v) is 2.91. The Morgan fingerprint density at radius 2 is 2.08 bits per heavy atom. The van der Waals surface area contributed by atoms with E-state index in [1.54, 1.807) is 24.8 Å². The molecule has 0 fully saturated rings. The van der Waals surface area contributed by atoms with Crippen molar-refractivity contribution in [3.8, 4) is 11.5 Å². The van der Waals surface area contributed by atoms with Crippen LogP contribution in [-0.2, 0) is 19.5 Å². The van der Waals surface area contributed by atoms with Gasteiger partial charge in [0.15, 0.2) is 5.82 Å².